The molecule has 0 aliphatic rings. The molecular weight excluding hydrogens is 287 g/mol. The molecule has 21 heavy (non-hydrogen) atoms. The predicted octanol–water partition coefficient (Wildman–Crippen LogP) is 4.20. The number of carbonyl (C=O) groups excluding carboxylic acids is 1. The van der Waals surface area contributed by atoms with E-state index in [-0.39, 0.29) is 11.6 Å². The average Bonchev–Trinajstić information content (AvgIpc) is 3.04. The van der Waals surface area contributed by atoms with Crippen molar-refractivity contribution < 1.29 is 9.18 Å². The molecule has 1 heterocycles. The number of aromatic nitrogens is 1. The third-order valence-electron chi connectivity index (χ3n) is 2.93. The number of benzene rings is 2. The molecule has 0 bridgehead atoms. The van der Waals surface area contributed by atoms with E-state index in [1.165, 1.54) is 23.5 Å². The summed E-state index contributed by atoms with van der Waals surface area (Å²) in [6, 6.07) is 13.2. The lowest BCUT2D eigenvalue weighted by molar-refractivity contribution is 0.102. The summed E-state index contributed by atoms with van der Waals surface area (Å²) >= 11 is 1.50. The van der Waals surface area contributed by atoms with Gasteiger partial charge in [0.15, 0.2) is 0 Å². The van der Waals surface area contributed by atoms with Crippen molar-refractivity contribution in [2.75, 3.05) is 5.32 Å². The highest BCUT2D eigenvalue weighted by Gasteiger charge is 2.10. The maximum Gasteiger partial charge on any atom is 0.255 e. The van der Waals surface area contributed by atoms with Crippen LogP contribution in [-0.4, -0.2) is 10.9 Å². The molecule has 3 nitrogen and oxygen atoms in total. The minimum absolute atomic E-state index is 0.169. The van der Waals surface area contributed by atoms with Crippen LogP contribution < -0.4 is 5.32 Å². The molecule has 3 aromatic rings. The first kappa shape index (κ1) is 13.5. The average molecular weight is 298 g/mol. The number of anilines is 1. The Morgan fingerprint density at radius 2 is 2.00 bits per heavy atom. The van der Waals surface area contributed by atoms with E-state index in [0.29, 0.717) is 5.56 Å². The molecule has 5 heteroatoms. The van der Waals surface area contributed by atoms with E-state index in [0.717, 1.165) is 10.6 Å². The van der Waals surface area contributed by atoms with Crippen molar-refractivity contribution in [1.82, 2.24) is 4.98 Å². The van der Waals surface area contributed by atoms with Crippen molar-refractivity contribution >= 4 is 22.9 Å². The van der Waals surface area contributed by atoms with Crippen molar-refractivity contribution in [3.8, 4) is 10.6 Å². The van der Waals surface area contributed by atoms with Crippen LogP contribution in [0.1, 0.15) is 10.4 Å². The van der Waals surface area contributed by atoms with Crippen LogP contribution >= 0.6 is 11.3 Å². The summed E-state index contributed by atoms with van der Waals surface area (Å²) in [6.07, 6.45) is 1.71. The lowest BCUT2D eigenvalue weighted by Gasteiger charge is -2.07. The first-order valence-corrected chi connectivity index (χ1v) is 7.18. The quantitative estimate of drug-likeness (QED) is 0.787. The Morgan fingerprint density at radius 3 is 2.76 bits per heavy atom. The van der Waals surface area contributed by atoms with Crippen LogP contribution in [0.4, 0.5) is 10.1 Å². The molecule has 0 radical (unpaired) electrons. The van der Waals surface area contributed by atoms with Gasteiger partial charge >= 0.3 is 0 Å². The Bertz CT molecular complexity index is 771. The molecule has 2 aromatic carbocycles. The van der Waals surface area contributed by atoms with Gasteiger partial charge in [0.25, 0.3) is 5.91 Å². The number of amides is 1. The van der Waals surface area contributed by atoms with Gasteiger partial charge in [0.1, 0.15) is 10.8 Å². The summed E-state index contributed by atoms with van der Waals surface area (Å²) in [4.78, 5) is 16.4. The molecule has 1 aromatic heterocycles. The third-order valence-corrected chi connectivity index (χ3v) is 3.75. The number of nitrogens with zero attached hydrogens (tertiary/aromatic N) is 1. The minimum Gasteiger partial charge on any atom is -0.319 e. The second-order valence-corrected chi connectivity index (χ2v) is 5.25. The van der Waals surface area contributed by atoms with Gasteiger partial charge in [-0.15, -0.1) is 11.3 Å². The van der Waals surface area contributed by atoms with Gasteiger partial charge in [0.05, 0.1) is 5.69 Å². The van der Waals surface area contributed by atoms with Gasteiger partial charge in [0.2, 0.25) is 0 Å². The van der Waals surface area contributed by atoms with Gasteiger partial charge < -0.3 is 5.32 Å². The largest absolute Gasteiger partial charge is 0.319 e. The Morgan fingerprint density at radius 1 is 1.14 bits per heavy atom. The fourth-order valence-electron chi connectivity index (χ4n) is 1.92. The second-order valence-electron chi connectivity index (χ2n) is 4.35. The van der Waals surface area contributed by atoms with E-state index in [1.54, 1.807) is 36.5 Å². The van der Waals surface area contributed by atoms with Crippen LogP contribution in [0.15, 0.2) is 60.1 Å². The molecule has 0 saturated heterocycles. The number of nitrogens with one attached hydrogen (secondary N) is 1. The molecule has 0 aliphatic heterocycles. The second kappa shape index (κ2) is 5.85. The fraction of sp³-hybridized carbons (Fsp3) is 0. The number of hydrogen-bond acceptors (Lipinski definition) is 3. The van der Waals surface area contributed by atoms with Crippen molar-refractivity contribution in [2.45, 2.75) is 0 Å². The Kier molecular flexibility index (Phi) is 3.75. The predicted molar refractivity (Wildman–Crippen MR) is 81.9 cm³/mol. The minimum atomic E-state index is -0.457. The number of thiazole rings is 1. The highest BCUT2D eigenvalue weighted by Crippen LogP contribution is 2.23. The Hall–Kier alpha value is -2.53. The Labute approximate surface area is 125 Å². The van der Waals surface area contributed by atoms with Gasteiger partial charge in [-0.25, -0.2) is 9.37 Å². The number of carbonyl (C=O) groups is 1. The van der Waals surface area contributed by atoms with E-state index < -0.39 is 5.82 Å². The van der Waals surface area contributed by atoms with Crippen molar-refractivity contribution in [3.05, 3.63) is 71.5 Å². The maximum atomic E-state index is 13.5. The Balaban J connectivity index is 1.85. The number of hydrogen-bond donors (Lipinski definition) is 1. The SMILES string of the molecule is O=C(Nc1ccccc1F)c1cccc(-c2nccs2)c1. The smallest absolute Gasteiger partial charge is 0.255 e. The van der Waals surface area contributed by atoms with Gasteiger partial charge in [-0.05, 0) is 24.3 Å². The molecular formula is C16H11FN2OS. The summed E-state index contributed by atoms with van der Waals surface area (Å²) < 4.78 is 13.5. The third kappa shape index (κ3) is 2.98. The van der Waals surface area contributed by atoms with Crippen LogP contribution in [0, 0.1) is 5.82 Å². The van der Waals surface area contributed by atoms with Gasteiger partial charge in [0, 0.05) is 22.7 Å². The van der Waals surface area contributed by atoms with E-state index in [2.05, 4.69) is 10.3 Å². The van der Waals surface area contributed by atoms with E-state index in [9.17, 15) is 9.18 Å². The molecule has 3 rings (SSSR count). The lowest BCUT2D eigenvalue weighted by atomic mass is 10.1. The zero-order valence-corrected chi connectivity index (χ0v) is 11.7. The molecule has 1 amide bonds. The van der Waals surface area contributed by atoms with Crippen LogP contribution in [-0.2, 0) is 0 Å². The molecule has 0 atom stereocenters. The normalized spacial score (nSPS) is 10.3. The maximum absolute atomic E-state index is 13.5. The number of rotatable bonds is 3. The molecule has 0 fully saturated rings. The molecule has 0 saturated carbocycles. The van der Waals surface area contributed by atoms with E-state index >= 15 is 0 Å². The first-order chi connectivity index (χ1) is 10.2. The first-order valence-electron chi connectivity index (χ1n) is 6.30. The summed E-state index contributed by atoms with van der Waals surface area (Å²) in [5.74, 6) is -0.805. The van der Waals surface area contributed by atoms with Gasteiger partial charge in [-0.3, -0.25) is 4.79 Å². The van der Waals surface area contributed by atoms with E-state index in [4.69, 9.17) is 0 Å². The molecule has 0 spiro atoms. The van der Waals surface area contributed by atoms with E-state index in [1.807, 2.05) is 11.4 Å². The molecule has 104 valence electrons. The number of halogens is 1. The fourth-order valence-corrected chi connectivity index (χ4v) is 2.55. The number of para-hydroxylation sites is 1. The summed E-state index contributed by atoms with van der Waals surface area (Å²) in [5.41, 5.74) is 1.50. The van der Waals surface area contributed by atoms with Crippen LogP contribution in [0.3, 0.4) is 0 Å². The van der Waals surface area contributed by atoms with Gasteiger partial charge in [-0.1, -0.05) is 24.3 Å². The summed E-state index contributed by atoms with van der Waals surface area (Å²) in [5, 5.41) is 5.29. The molecule has 1 N–H and O–H groups in total. The summed E-state index contributed by atoms with van der Waals surface area (Å²) in [7, 11) is 0. The van der Waals surface area contributed by atoms with Crippen LogP contribution in [0.5, 0.6) is 0 Å². The zero-order valence-electron chi connectivity index (χ0n) is 10.9. The van der Waals surface area contributed by atoms with Crippen molar-refractivity contribution in [1.29, 1.82) is 0 Å². The topological polar surface area (TPSA) is 42.0 Å². The van der Waals surface area contributed by atoms with Gasteiger partial charge in [-0.2, -0.15) is 0 Å². The molecule has 0 unspecified atom stereocenters. The lowest BCUT2D eigenvalue weighted by Crippen LogP contribution is -2.12. The highest BCUT2D eigenvalue weighted by molar-refractivity contribution is 7.13. The monoisotopic (exact) mass is 298 g/mol. The summed E-state index contributed by atoms with van der Waals surface area (Å²) in [6.45, 7) is 0. The van der Waals surface area contributed by atoms with Crippen LogP contribution in [0.25, 0.3) is 10.6 Å². The molecule has 0 aliphatic carbocycles. The standard InChI is InChI=1S/C16H11FN2OS/c17-13-6-1-2-7-14(13)19-15(20)11-4-3-5-12(10-11)16-18-8-9-21-16/h1-10H,(H,19,20). The zero-order chi connectivity index (χ0) is 14.7. The van der Waals surface area contributed by atoms with Crippen LogP contribution in [0.2, 0.25) is 0 Å². The highest BCUT2D eigenvalue weighted by atomic mass is 32.1. The van der Waals surface area contributed by atoms with Crippen molar-refractivity contribution in [3.63, 3.8) is 0 Å². The van der Waals surface area contributed by atoms with Crippen molar-refractivity contribution in [2.24, 2.45) is 0 Å².